The second-order valence-corrected chi connectivity index (χ2v) is 8.87. The van der Waals surface area contributed by atoms with Gasteiger partial charge in [-0.1, -0.05) is 6.92 Å². The molecule has 1 atom stereocenters. The van der Waals surface area contributed by atoms with Gasteiger partial charge in [-0.3, -0.25) is 14.0 Å². The Balaban J connectivity index is 2.00. The molecule has 1 fully saturated rings. The summed E-state index contributed by atoms with van der Waals surface area (Å²) in [7, 11) is -3.64. The van der Waals surface area contributed by atoms with E-state index in [-0.39, 0.29) is 5.91 Å². The molecule has 9 heteroatoms. The van der Waals surface area contributed by atoms with Crippen LogP contribution < -0.4 is 14.4 Å². The molecule has 0 unspecified atom stereocenters. The summed E-state index contributed by atoms with van der Waals surface area (Å²) < 4.78 is 36.9. The number of anilines is 1. The zero-order chi connectivity index (χ0) is 21.3. The second-order valence-electron chi connectivity index (χ2n) is 7.01. The molecule has 2 rings (SSSR count). The monoisotopic (exact) mass is 427 g/mol. The van der Waals surface area contributed by atoms with E-state index in [1.165, 1.54) is 4.31 Å². The summed E-state index contributed by atoms with van der Waals surface area (Å²) in [5, 5.41) is 2.90. The van der Waals surface area contributed by atoms with Crippen LogP contribution in [-0.2, 0) is 19.6 Å². The molecule has 8 nitrogen and oxygen atoms in total. The summed E-state index contributed by atoms with van der Waals surface area (Å²) in [4.78, 5) is 15.1. The van der Waals surface area contributed by atoms with Crippen molar-refractivity contribution in [3.8, 4) is 5.75 Å². The molecule has 0 bridgehead atoms. The predicted molar refractivity (Wildman–Crippen MR) is 114 cm³/mol. The molecule has 0 spiro atoms. The minimum Gasteiger partial charge on any atom is -0.494 e. The number of rotatable bonds is 11. The van der Waals surface area contributed by atoms with Crippen LogP contribution >= 0.6 is 0 Å². The Morgan fingerprint density at radius 2 is 1.90 bits per heavy atom. The largest absolute Gasteiger partial charge is 0.494 e. The predicted octanol–water partition coefficient (Wildman–Crippen LogP) is 1.47. The van der Waals surface area contributed by atoms with Crippen LogP contribution in [0.4, 0.5) is 5.69 Å². The summed E-state index contributed by atoms with van der Waals surface area (Å²) in [6.45, 7) is 8.92. The van der Waals surface area contributed by atoms with Crippen molar-refractivity contribution in [2.45, 2.75) is 32.7 Å². The van der Waals surface area contributed by atoms with Crippen molar-refractivity contribution in [3.63, 3.8) is 0 Å². The molecule has 0 radical (unpaired) electrons. The van der Waals surface area contributed by atoms with Gasteiger partial charge in [-0.05, 0) is 50.6 Å². The first-order valence-electron chi connectivity index (χ1n) is 10.2. The molecule has 1 amide bonds. The number of hydrogen-bond donors (Lipinski definition) is 1. The third kappa shape index (κ3) is 7.17. The van der Waals surface area contributed by atoms with Crippen molar-refractivity contribution in [1.29, 1.82) is 0 Å². The van der Waals surface area contributed by atoms with Gasteiger partial charge in [0.2, 0.25) is 15.9 Å². The van der Waals surface area contributed by atoms with Gasteiger partial charge in [0.1, 0.15) is 11.8 Å². The smallest absolute Gasteiger partial charge is 0.243 e. The molecule has 1 heterocycles. The molecule has 1 aliphatic heterocycles. The van der Waals surface area contributed by atoms with E-state index in [1.807, 2.05) is 13.8 Å². The van der Waals surface area contributed by atoms with E-state index in [4.69, 9.17) is 9.47 Å². The lowest BCUT2D eigenvalue weighted by Crippen LogP contribution is -2.49. The third-order valence-corrected chi connectivity index (χ3v) is 5.97. The zero-order valence-electron chi connectivity index (χ0n) is 17.6. The highest BCUT2D eigenvalue weighted by Crippen LogP contribution is 2.25. The Hall–Kier alpha value is -1.84. The molecule has 1 aromatic carbocycles. The zero-order valence-corrected chi connectivity index (χ0v) is 18.4. The molecule has 1 saturated heterocycles. The van der Waals surface area contributed by atoms with Crippen LogP contribution in [0.15, 0.2) is 24.3 Å². The van der Waals surface area contributed by atoms with Crippen LogP contribution in [0.2, 0.25) is 0 Å². The van der Waals surface area contributed by atoms with Crippen molar-refractivity contribution >= 4 is 21.6 Å². The van der Waals surface area contributed by atoms with E-state index >= 15 is 0 Å². The number of nitrogens with zero attached hydrogens (tertiary/aromatic N) is 2. The first-order valence-corrected chi connectivity index (χ1v) is 12.0. The van der Waals surface area contributed by atoms with Crippen molar-refractivity contribution in [2.75, 3.05) is 56.6 Å². The van der Waals surface area contributed by atoms with E-state index in [9.17, 15) is 13.2 Å². The fourth-order valence-electron chi connectivity index (χ4n) is 3.37. The van der Waals surface area contributed by atoms with E-state index < -0.39 is 16.1 Å². The number of morpholine rings is 1. The Labute approximate surface area is 174 Å². The summed E-state index contributed by atoms with van der Waals surface area (Å²) in [5.41, 5.74) is 0.450. The maximum Gasteiger partial charge on any atom is 0.243 e. The number of hydrogen-bond acceptors (Lipinski definition) is 6. The number of sulfonamides is 1. The fourth-order valence-corrected chi connectivity index (χ4v) is 4.58. The lowest BCUT2D eigenvalue weighted by atomic mass is 10.2. The first kappa shape index (κ1) is 23.4. The number of benzene rings is 1. The second kappa shape index (κ2) is 11.4. The normalized spacial score (nSPS) is 16.2. The van der Waals surface area contributed by atoms with Gasteiger partial charge in [0.15, 0.2) is 0 Å². The third-order valence-electron chi connectivity index (χ3n) is 4.79. The number of amides is 1. The average Bonchev–Trinajstić information content (AvgIpc) is 2.70. The molecule has 0 saturated carbocycles. The summed E-state index contributed by atoms with van der Waals surface area (Å²) in [5.74, 6) is 0.374. The van der Waals surface area contributed by atoms with Gasteiger partial charge in [-0.15, -0.1) is 0 Å². The minimum absolute atomic E-state index is 0.284. The number of nitrogens with one attached hydrogen (secondary N) is 1. The Kier molecular flexibility index (Phi) is 9.19. The summed E-state index contributed by atoms with van der Waals surface area (Å²) in [6, 6.07) is 5.96. The average molecular weight is 428 g/mol. The highest BCUT2D eigenvalue weighted by molar-refractivity contribution is 7.92. The van der Waals surface area contributed by atoms with Gasteiger partial charge in [0, 0.05) is 19.6 Å². The Morgan fingerprint density at radius 1 is 1.24 bits per heavy atom. The quantitative estimate of drug-likeness (QED) is 0.538. The number of carbonyl (C=O) groups excluding carboxylic acids is 1. The molecule has 1 N–H and O–H groups in total. The van der Waals surface area contributed by atoms with Crippen molar-refractivity contribution < 1.29 is 22.7 Å². The van der Waals surface area contributed by atoms with E-state index in [2.05, 4.69) is 10.2 Å². The maximum absolute atomic E-state index is 12.8. The van der Waals surface area contributed by atoms with Crippen LogP contribution in [-0.4, -0.2) is 77.5 Å². The number of carbonyl (C=O) groups is 1. The van der Waals surface area contributed by atoms with Gasteiger partial charge < -0.3 is 14.8 Å². The number of ether oxygens (including phenoxy) is 2. The van der Waals surface area contributed by atoms with E-state index in [1.54, 1.807) is 24.3 Å². The van der Waals surface area contributed by atoms with Crippen LogP contribution in [0.1, 0.15) is 26.7 Å². The van der Waals surface area contributed by atoms with E-state index in [0.29, 0.717) is 31.0 Å². The topological polar surface area (TPSA) is 88.2 Å². The van der Waals surface area contributed by atoms with Gasteiger partial charge >= 0.3 is 0 Å². The Morgan fingerprint density at radius 3 is 2.45 bits per heavy atom. The summed E-state index contributed by atoms with van der Waals surface area (Å²) in [6.07, 6.45) is 2.30. The van der Waals surface area contributed by atoms with Crippen molar-refractivity contribution in [3.05, 3.63) is 24.3 Å². The molecule has 1 aliphatic rings. The fraction of sp³-hybridized carbons (Fsp3) is 0.650. The Bertz CT molecular complexity index is 733. The highest BCUT2D eigenvalue weighted by Gasteiger charge is 2.31. The molecular weight excluding hydrogens is 394 g/mol. The molecule has 164 valence electrons. The minimum atomic E-state index is -3.64. The van der Waals surface area contributed by atoms with Gasteiger partial charge in [0.25, 0.3) is 0 Å². The summed E-state index contributed by atoms with van der Waals surface area (Å²) >= 11 is 0. The van der Waals surface area contributed by atoms with Crippen molar-refractivity contribution in [2.24, 2.45) is 0 Å². The lowest BCUT2D eigenvalue weighted by Gasteiger charge is -2.30. The highest BCUT2D eigenvalue weighted by atomic mass is 32.2. The molecule has 1 aromatic rings. The van der Waals surface area contributed by atoms with Crippen molar-refractivity contribution in [1.82, 2.24) is 10.2 Å². The molecule has 29 heavy (non-hydrogen) atoms. The first-order chi connectivity index (χ1) is 13.9. The van der Waals surface area contributed by atoms with Gasteiger partial charge in [0.05, 0.1) is 31.8 Å². The SMILES string of the molecule is CCOc1ccc(N([C@@H](CC)C(=O)NCCCN2CCOCC2)S(C)(=O)=O)cc1. The van der Waals surface area contributed by atoms with Crippen LogP contribution in [0, 0.1) is 0 Å². The lowest BCUT2D eigenvalue weighted by molar-refractivity contribution is -0.122. The maximum atomic E-state index is 12.8. The van der Waals surface area contributed by atoms with Crippen LogP contribution in [0.5, 0.6) is 5.75 Å². The van der Waals surface area contributed by atoms with Crippen LogP contribution in [0.25, 0.3) is 0 Å². The van der Waals surface area contributed by atoms with Gasteiger partial charge in [-0.25, -0.2) is 8.42 Å². The standard InChI is InChI=1S/C20H33N3O5S/c1-4-19(20(24)21-11-6-12-22-13-15-27-16-14-22)23(29(3,25)26)17-7-9-18(10-8-17)28-5-2/h7-10,19H,4-6,11-16H2,1-3H3,(H,21,24)/t19-/m0/s1. The molecular formula is C20H33N3O5S. The molecule has 0 aromatic heterocycles. The van der Waals surface area contributed by atoms with Gasteiger partial charge in [-0.2, -0.15) is 0 Å². The van der Waals surface area contributed by atoms with Crippen LogP contribution in [0.3, 0.4) is 0 Å². The van der Waals surface area contributed by atoms with E-state index in [0.717, 1.165) is 45.5 Å². The molecule has 0 aliphatic carbocycles.